The number of aromatic nitrogens is 2. The van der Waals surface area contributed by atoms with E-state index in [4.69, 9.17) is 5.11 Å². The van der Waals surface area contributed by atoms with Crippen LogP contribution in [0.2, 0.25) is 0 Å². The number of carbonyl (C=O) groups is 3. The molecule has 0 aliphatic rings. The fraction of sp³-hybridized carbons (Fsp3) is 0.368. The Morgan fingerprint density at radius 2 is 1.81 bits per heavy atom. The average molecular weight is 372 g/mol. The van der Waals surface area contributed by atoms with Gasteiger partial charge < -0.3 is 15.3 Å². The number of hydrogen-bond donors (Lipinski definition) is 2. The maximum absolute atomic E-state index is 12.2. The first kappa shape index (κ1) is 20.2. The van der Waals surface area contributed by atoms with Crippen molar-refractivity contribution in [3.63, 3.8) is 0 Å². The molecule has 0 bridgehead atoms. The van der Waals surface area contributed by atoms with Gasteiger partial charge in [-0.15, -0.1) is 0 Å². The lowest BCUT2D eigenvalue weighted by molar-refractivity contribution is -0.131. The van der Waals surface area contributed by atoms with Crippen LogP contribution in [0.3, 0.4) is 0 Å². The molecule has 2 N–H and O–H groups in total. The van der Waals surface area contributed by atoms with E-state index < -0.39 is 5.97 Å². The van der Waals surface area contributed by atoms with Crippen molar-refractivity contribution in [1.29, 1.82) is 0 Å². The third kappa shape index (κ3) is 5.40. The van der Waals surface area contributed by atoms with E-state index in [1.807, 2.05) is 13.8 Å². The highest BCUT2D eigenvalue weighted by atomic mass is 16.4. The van der Waals surface area contributed by atoms with Gasteiger partial charge in [-0.3, -0.25) is 9.59 Å². The van der Waals surface area contributed by atoms with Crippen LogP contribution in [0.1, 0.15) is 43.6 Å². The van der Waals surface area contributed by atoms with Crippen LogP contribution in [0.25, 0.3) is 5.69 Å². The number of benzene rings is 1. The SMILES string of the molecule is CCN(CC)C(=O)CCCC(=O)Nc1ccccc1-n1ccc(C(=O)O)n1. The van der Waals surface area contributed by atoms with Crippen LogP contribution >= 0.6 is 0 Å². The number of carbonyl (C=O) groups excluding carboxylic acids is 2. The Morgan fingerprint density at radius 3 is 2.44 bits per heavy atom. The fourth-order valence-electron chi connectivity index (χ4n) is 2.70. The smallest absolute Gasteiger partial charge is 0.356 e. The van der Waals surface area contributed by atoms with Crippen molar-refractivity contribution < 1.29 is 19.5 Å². The van der Waals surface area contributed by atoms with Crippen molar-refractivity contribution in [3.05, 3.63) is 42.2 Å². The first-order valence-electron chi connectivity index (χ1n) is 8.92. The third-order valence-corrected chi connectivity index (χ3v) is 4.14. The first-order valence-corrected chi connectivity index (χ1v) is 8.92. The molecule has 2 rings (SSSR count). The zero-order valence-electron chi connectivity index (χ0n) is 15.5. The zero-order valence-corrected chi connectivity index (χ0v) is 15.5. The molecular weight excluding hydrogens is 348 g/mol. The highest BCUT2D eigenvalue weighted by Crippen LogP contribution is 2.20. The molecule has 1 aromatic heterocycles. The van der Waals surface area contributed by atoms with E-state index in [2.05, 4.69) is 10.4 Å². The van der Waals surface area contributed by atoms with E-state index in [0.717, 1.165) is 0 Å². The molecule has 1 heterocycles. The van der Waals surface area contributed by atoms with Gasteiger partial charge in [-0.25, -0.2) is 9.48 Å². The van der Waals surface area contributed by atoms with Crippen LogP contribution < -0.4 is 5.32 Å². The fourth-order valence-corrected chi connectivity index (χ4v) is 2.70. The van der Waals surface area contributed by atoms with E-state index in [0.29, 0.717) is 37.3 Å². The lowest BCUT2D eigenvalue weighted by atomic mass is 10.2. The number of amides is 2. The second-order valence-corrected chi connectivity index (χ2v) is 5.94. The van der Waals surface area contributed by atoms with Gasteiger partial charge in [-0.05, 0) is 38.5 Å². The lowest BCUT2D eigenvalue weighted by Crippen LogP contribution is -2.30. The molecule has 0 aliphatic carbocycles. The van der Waals surface area contributed by atoms with Crippen LogP contribution in [0.4, 0.5) is 5.69 Å². The Labute approximate surface area is 157 Å². The van der Waals surface area contributed by atoms with Crippen molar-refractivity contribution in [1.82, 2.24) is 14.7 Å². The number of nitrogens with one attached hydrogen (secondary N) is 1. The van der Waals surface area contributed by atoms with Gasteiger partial charge in [0.05, 0.1) is 11.4 Å². The van der Waals surface area contributed by atoms with E-state index >= 15 is 0 Å². The van der Waals surface area contributed by atoms with E-state index in [1.54, 1.807) is 29.2 Å². The summed E-state index contributed by atoms with van der Waals surface area (Å²) in [7, 11) is 0. The largest absolute Gasteiger partial charge is 0.476 e. The summed E-state index contributed by atoms with van der Waals surface area (Å²) in [6.07, 6.45) is 2.55. The molecule has 0 aliphatic heterocycles. The molecule has 144 valence electrons. The van der Waals surface area contributed by atoms with Gasteiger partial charge in [0.15, 0.2) is 5.69 Å². The third-order valence-electron chi connectivity index (χ3n) is 4.14. The monoisotopic (exact) mass is 372 g/mol. The molecule has 0 saturated carbocycles. The van der Waals surface area contributed by atoms with Gasteiger partial charge in [-0.2, -0.15) is 5.10 Å². The summed E-state index contributed by atoms with van der Waals surface area (Å²) < 4.78 is 1.41. The summed E-state index contributed by atoms with van der Waals surface area (Å²) in [5.74, 6) is -1.28. The molecule has 1 aromatic carbocycles. The number of anilines is 1. The van der Waals surface area contributed by atoms with E-state index in [1.165, 1.54) is 16.9 Å². The Bertz CT molecular complexity index is 812. The Morgan fingerprint density at radius 1 is 1.11 bits per heavy atom. The highest BCUT2D eigenvalue weighted by Gasteiger charge is 2.13. The van der Waals surface area contributed by atoms with Crippen LogP contribution in [0.5, 0.6) is 0 Å². The molecule has 0 unspecified atom stereocenters. The molecule has 8 nitrogen and oxygen atoms in total. The first-order chi connectivity index (χ1) is 13.0. The Hall–Kier alpha value is -3.16. The summed E-state index contributed by atoms with van der Waals surface area (Å²) in [5.41, 5.74) is 1.02. The van der Waals surface area contributed by atoms with Gasteiger partial charge >= 0.3 is 5.97 Å². The summed E-state index contributed by atoms with van der Waals surface area (Å²) in [6, 6.07) is 8.38. The van der Waals surface area contributed by atoms with Crippen LogP contribution in [-0.4, -0.2) is 50.7 Å². The van der Waals surface area contributed by atoms with Crippen LogP contribution in [0, 0.1) is 0 Å². The second kappa shape index (κ2) is 9.51. The molecule has 0 spiro atoms. The number of hydrogen-bond acceptors (Lipinski definition) is 4. The number of carboxylic acid groups (broad SMARTS) is 1. The van der Waals surface area contributed by atoms with Crippen LogP contribution in [0.15, 0.2) is 36.5 Å². The predicted octanol–water partition coefficient (Wildman–Crippen LogP) is 2.55. The van der Waals surface area contributed by atoms with Gasteiger partial charge in [0, 0.05) is 32.1 Å². The summed E-state index contributed by atoms with van der Waals surface area (Å²) >= 11 is 0. The summed E-state index contributed by atoms with van der Waals surface area (Å²) in [6.45, 7) is 5.18. The van der Waals surface area contributed by atoms with E-state index in [9.17, 15) is 14.4 Å². The van der Waals surface area contributed by atoms with Gasteiger partial charge in [0.1, 0.15) is 0 Å². The van der Waals surface area contributed by atoms with Crippen LogP contribution in [-0.2, 0) is 9.59 Å². The predicted molar refractivity (Wildman–Crippen MR) is 101 cm³/mol. The molecule has 0 atom stereocenters. The minimum absolute atomic E-state index is 0.0472. The molecule has 2 amide bonds. The summed E-state index contributed by atoms with van der Waals surface area (Å²) in [5, 5.41) is 15.8. The van der Waals surface area contributed by atoms with Crippen molar-refractivity contribution in [2.24, 2.45) is 0 Å². The lowest BCUT2D eigenvalue weighted by Gasteiger charge is -2.18. The topological polar surface area (TPSA) is 105 Å². The number of rotatable bonds is 9. The quantitative estimate of drug-likeness (QED) is 0.704. The minimum atomic E-state index is -1.12. The molecule has 0 saturated heterocycles. The van der Waals surface area contributed by atoms with Gasteiger partial charge in [0.2, 0.25) is 11.8 Å². The standard InChI is InChI=1S/C19H24N4O4/c1-3-22(4-2)18(25)11-7-10-17(24)20-14-8-5-6-9-16(14)23-13-12-15(21-23)19(26)27/h5-6,8-9,12-13H,3-4,7,10-11H2,1-2H3,(H,20,24)(H,26,27). The second-order valence-electron chi connectivity index (χ2n) is 5.94. The number of nitrogens with zero attached hydrogens (tertiary/aromatic N) is 3. The molecule has 0 radical (unpaired) electrons. The molecule has 0 fully saturated rings. The molecule has 27 heavy (non-hydrogen) atoms. The average Bonchev–Trinajstić information content (AvgIpc) is 3.13. The number of aromatic carboxylic acids is 1. The van der Waals surface area contributed by atoms with Crippen molar-refractivity contribution in [2.45, 2.75) is 33.1 Å². The normalized spacial score (nSPS) is 10.4. The maximum Gasteiger partial charge on any atom is 0.356 e. The molecule has 8 heteroatoms. The highest BCUT2D eigenvalue weighted by molar-refractivity contribution is 5.93. The zero-order chi connectivity index (χ0) is 19.8. The molecular formula is C19H24N4O4. The Kier molecular flexibility index (Phi) is 7.10. The van der Waals surface area contributed by atoms with Crippen molar-refractivity contribution in [3.8, 4) is 5.69 Å². The van der Waals surface area contributed by atoms with Gasteiger partial charge in [-0.1, -0.05) is 12.1 Å². The Balaban J connectivity index is 1.98. The maximum atomic E-state index is 12.2. The van der Waals surface area contributed by atoms with E-state index in [-0.39, 0.29) is 23.9 Å². The minimum Gasteiger partial charge on any atom is -0.476 e. The molecule has 2 aromatic rings. The number of carboxylic acids is 1. The van der Waals surface area contributed by atoms with Crippen molar-refractivity contribution in [2.75, 3.05) is 18.4 Å². The number of para-hydroxylation sites is 2. The van der Waals surface area contributed by atoms with Crippen molar-refractivity contribution >= 4 is 23.5 Å². The van der Waals surface area contributed by atoms with Gasteiger partial charge in [0.25, 0.3) is 0 Å². The summed E-state index contributed by atoms with van der Waals surface area (Å²) in [4.78, 5) is 37.0.